The minimum Gasteiger partial charge on any atom is -0.461 e. The van der Waals surface area contributed by atoms with E-state index in [-0.39, 0.29) is 11.6 Å². The van der Waals surface area contributed by atoms with Crippen LogP contribution in [0, 0.1) is 11.7 Å². The first-order valence-corrected chi connectivity index (χ1v) is 8.08. The zero-order valence-corrected chi connectivity index (χ0v) is 14.0. The van der Waals surface area contributed by atoms with E-state index in [1.807, 2.05) is 12.1 Å². The second kappa shape index (κ2) is 6.93. The average molecular weight is 342 g/mol. The Kier molecular flexibility index (Phi) is 4.70. The highest BCUT2D eigenvalue weighted by atomic mass is 19.1. The molecule has 1 aromatic carbocycles. The van der Waals surface area contributed by atoms with Crippen molar-refractivity contribution in [3.63, 3.8) is 0 Å². The third-order valence-corrected chi connectivity index (χ3v) is 4.07. The van der Waals surface area contributed by atoms with Gasteiger partial charge in [0.25, 0.3) is 0 Å². The lowest BCUT2D eigenvalue weighted by Crippen LogP contribution is -2.11. The molecule has 2 aromatic rings. The van der Waals surface area contributed by atoms with Crippen molar-refractivity contribution in [2.45, 2.75) is 26.2 Å². The van der Waals surface area contributed by atoms with Crippen LogP contribution in [0.1, 0.15) is 37.7 Å². The standard InChI is InChI=1S/C19H19FN2O3/c1-11-9-15(11)18-7-4-14(25-18)5-8-19(24)22-17-10-13(21-12(2)23)3-6-16(17)20/h3-8,10-11,15H,9H2,1-2H3,(H,21,23)(H,22,24)/b8-5+. The number of rotatable bonds is 5. The number of hydrogen-bond acceptors (Lipinski definition) is 3. The van der Waals surface area contributed by atoms with Crippen LogP contribution in [0.5, 0.6) is 0 Å². The molecular weight excluding hydrogens is 323 g/mol. The van der Waals surface area contributed by atoms with E-state index >= 15 is 0 Å². The van der Waals surface area contributed by atoms with Gasteiger partial charge in [-0.25, -0.2) is 4.39 Å². The van der Waals surface area contributed by atoms with Crippen molar-refractivity contribution in [3.8, 4) is 0 Å². The van der Waals surface area contributed by atoms with Crippen molar-refractivity contribution in [2.24, 2.45) is 5.92 Å². The maximum Gasteiger partial charge on any atom is 0.248 e. The number of anilines is 2. The van der Waals surface area contributed by atoms with Crippen molar-refractivity contribution < 1.29 is 18.4 Å². The summed E-state index contributed by atoms with van der Waals surface area (Å²) in [5, 5.41) is 4.99. The Bertz CT molecular complexity index is 841. The Morgan fingerprint density at radius 3 is 2.68 bits per heavy atom. The highest BCUT2D eigenvalue weighted by Crippen LogP contribution is 2.47. The lowest BCUT2D eigenvalue weighted by atomic mass is 10.2. The molecule has 1 aliphatic rings. The average Bonchev–Trinajstić information content (AvgIpc) is 3.09. The minimum atomic E-state index is -0.584. The van der Waals surface area contributed by atoms with Crippen LogP contribution in [0.25, 0.3) is 6.08 Å². The molecule has 6 heteroatoms. The van der Waals surface area contributed by atoms with E-state index in [1.165, 1.54) is 31.2 Å². The topological polar surface area (TPSA) is 71.3 Å². The third kappa shape index (κ3) is 4.35. The van der Waals surface area contributed by atoms with Gasteiger partial charge in [-0.15, -0.1) is 0 Å². The summed E-state index contributed by atoms with van der Waals surface area (Å²) in [5.41, 5.74) is 0.398. The summed E-state index contributed by atoms with van der Waals surface area (Å²) in [6.07, 6.45) is 3.95. The van der Waals surface area contributed by atoms with E-state index in [0.29, 0.717) is 23.3 Å². The van der Waals surface area contributed by atoms with Crippen LogP contribution in [0.4, 0.5) is 15.8 Å². The second-order valence-electron chi connectivity index (χ2n) is 6.26. The molecule has 2 N–H and O–H groups in total. The highest BCUT2D eigenvalue weighted by molar-refractivity contribution is 6.02. The summed E-state index contributed by atoms with van der Waals surface area (Å²) >= 11 is 0. The van der Waals surface area contributed by atoms with Gasteiger partial charge in [-0.2, -0.15) is 0 Å². The van der Waals surface area contributed by atoms with Gasteiger partial charge in [-0.1, -0.05) is 6.92 Å². The fourth-order valence-electron chi connectivity index (χ4n) is 2.61. The van der Waals surface area contributed by atoms with Crippen molar-refractivity contribution in [1.82, 2.24) is 0 Å². The van der Waals surface area contributed by atoms with Crippen LogP contribution < -0.4 is 10.6 Å². The monoisotopic (exact) mass is 342 g/mol. The fourth-order valence-corrected chi connectivity index (χ4v) is 2.61. The number of carbonyl (C=O) groups is 2. The van der Waals surface area contributed by atoms with Crippen LogP contribution >= 0.6 is 0 Å². The maximum absolute atomic E-state index is 13.8. The van der Waals surface area contributed by atoms with Gasteiger partial charge in [0.1, 0.15) is 17.3 Å². The molecule has 0 aliphatic heterocycles. The molecule has 1 heterocycles. The van der Waals surface area contributed by atoms with E-state index in [4.69, 9.17) is 4.42 Å². The van der Waals surface area contributed by atoms with Gasteiger partial charge in [0.05, 0.1) is 5.69 Å². The fraction of sp³-hybridized carbons (Fsp3) is 0.263. The zero-order valence-electron chi connectivity index (χ0n) is 14.0. The molecule has 1 aromatic heterocycles. The number of amides is 2. The Balaban J connectivity index is 1.63. The molecule has 2 amide bonds. The quantitative estimate of drug-likeness (QED) is 0.802. The normalized spacial score (nSPS) is 19.0. The van der Waals surface area contributed by atoms with Crippen molar-refractivity contribution >= 4 is 29.3 Å². The summed E-state index contributed by atoms with van der Waals surface area (Å²) in [5.74, 6) is 1.28. The Labute approximate surface area is 144 Å². The Morgan fingerprint density at radius 1 is 1.24 bits per heavy atom. The van der Waals surface area contributed by atoms with E-state index < -0.39 is 11.7 Å². The van der Waals surface area contributed by atoms with Crippen molar-refractivity contribution in [2.75, 3.05) is 10.6 Å². The Morgan fingerprint density at radius 2 is 2.00 bits per heavy atom. The van der Waals surface area contributed by atoms with E-state index in [0.717, 1.165) is 12.2 Å². The first kappa shape index (κ1) is 17.0. The number of furan rings is 1. The van der Waals surface area contributed by atoms with Crippen molar-refractivity contribution in [1.29, 1.82) is 0 Å². The van der Waals surface area contributed by atoms with Gasteiger partial charge in [0, 0.05) is 24.6 Å². The smallest absolute Gasteiger partial charge is 0.248 e. The molecule has 0 saturated heterocycles. The van der Waals surface area contributed by atoms with Crippen LogP contribution in [-0.2, 0) is 9.59 Å². The molecule has 25 heavy (non-hydrogen) atoms. The summed E-state index contributed by atoms with van der Waals surface area (Å²) in [6.45, 7) is 3.52. The SMILES string of the molecule is CC(=O)Nc1ccc(F)c(NC(=O)/C=C/c2ccc(C3CC3C)o2)c1. The number of carbonyl (C=O) groups excluding carboxylic acids is 2. The largest absolute Gasteiger partial charge is 0.461 e. The molecule has 0 spiro atoms. The van der Waals surface area contributed by atoms with Gasteiger partial charge in [0.2, 0.25) is 11.8 Å². The van der Waals surface area contributed by atoms with Crippen LogP contribution in [0.3, 0.4) is 0 Å². The maximum atomic E-state index is 13.8. The molecule has 0 radical (unpaired) electrons. The molecular formula is C19H19FN2O3. The van der Waals surface area contributed by atoms with E-state index in [9.17, 15) is 14.0 Å². The van der Waals surface area contributed by atoms with Gasteiger partial charge in [0.15, 0.2) is 0 Å². The first-order valence-electron chi connectivity index (χ1n) is 8.08. The zero-order chi connectivity index (χ0) is 18.0. The van der Waals surface area contributed by atoms with Crippen molar-refractivity contribution in [3.05, 3.63) is 53.7 Å². The third-order valence-electron chi connectivity index (χ3n) is 4.07. The van der Waals surface area contributed by atoms with Gasteiger partial charge >= 0.3 is 0 Å². The molecule has 1 fully saturated rings. The van der Waals surface area contributed by atoms with Crippen LogP contribution in [0.15, 0.2) is 40.8 Å². The number of hydrogen-bond donors (Lipinski definition) is 2. The predicted octanol–water partition coefficient (Wildman–Crippen LogP) is 4.15. The van der Waals surface area contributed by atoms with E-state index in [1.54, 1.807) is 6.08 Å². The molecule has 2 unspecified atom stereocenters. The molecule has 0 bridgehead atoms. The number of nitrogens with one attached hydrogen (secondary N) is 2. The molecule has 130 valence electrons. The van der Waals surface area contributed by atoms with Crippen LogP contribution in [0.2, 0.25) is 0 Å². The van der Waals surface area contributed by atoms with Gasteiger partial charge in [-0.3, -0.25) is 9.59 Å². The minimum absolute atomic E-state index is 0.00663. The lowest BCUT2D eigenvalue weighted by molar-refractivity contribution is -0.114. The number of benzene rings is 1. The summed E-state index contributed by atoms with van der Waals surface area (Å²) in [6, 6.07) is 7.69. The van der Waals surface area contributed by atoms with Crippen LogP contribution in [-0.4, -0.2) is 11.8 Å². The van der Waals surface area contributed by atoms with E-state index in [2.05, 4.69) is 17.6 Å². The molecule has 2 atom stereocenters. The lowest BCUT2D eigenvalue weighted by Gasteiger charge is -2.07. The molecule has 1 saturated carbocycles. The summed E-state index contributed by atoms with van der Waals surface area (Å²) < 4.78 is 19.5. The number of halogens is 1. The highest BCUT2D eigenvalue weighted by Gasteiger charge is 2.36. The summed E-state index contributed by atoms with van der Waals surface area (Å²) in [4.78, 5) is 23.0. The molecule has 3 rings (SSSR count). The first-order chi connectivity index (χ1) is 11.9. The molecule has 1 aliphatic carbocycles. The Hall–Kier alpha value is -2.89. The predicted molar refractivity (Wildman–Crippen MR) is 93.6 cm³/mol. The summed E-state index contributed by atoms with van der Waals surface area (Å²) in [7, 11) is 0. The second-order valence-corrected chi connectivity index (χ2v) is 6.26. The van der Waals surface area contributed by atoms with Gasteiger partial charge < -0.3 is 15.1 Å². The van der Waals surface area contributed by atoms with Gasteiger partial charge in [-0.05, 0) is 48.7 Å². The molecule has 5 nitrogen and oxygen atoms in total.